The number of nitro benzene ring substituents is 1. The molecule has 0 bridgehead atoms. The molecule has 0 saturated carbocycles. The summed E-state index contributed by atoms with van der Waals surface area (Å²) in [6.45, 7) is 2.18. The van der Waals surface area contributed by atoms with Gasteiger partial charge in [-0.15, -0.1) is 0 Å². The second kappa shape index (κ2) is 5.85. The van der Waals surface area contributed by atoms with Crippen LogP contribution < -0.4 is 5.32 Å². The Morgan fingerprint density at radius 2 is 2.10 bits per heavy atom. The highest BCUT2D eigenvalue weighted by Crippen LogP contribution is 2.20. The van der Waals surface area contributed by atoms with Gasteiger partial charge in [0.2, 0.25) is 0 Å². The molecule has 0 aliphatic heterocycles. The first-order chi connectivity index (χ1) is 9.60. The van der Waals surface area contributed by atoms with Gasteiger partial charge in [0.05, 0.1) is 16.6 Å². The zero-order chi connectivity index (χ0) is 14.5. The molecule has 0 heterocycles. The number of aryl methyl sites for hydroxylation is 1. The molecule has 0 atom stereocenters. The van der Waals surface area contributed by atoms with Crippen LogP contribution in [0, 0.1) is 28.4 Å². The van der Waals surface area contributed by atoms with Gasteiger partial charge in [0, 0.05) is 23.9 Å². The minimum absolute atomic E-state index is 0.120. The first kappa shape index (κ1) is 13.6. The second-order valence-corrected chi connectivity index (χ2v) is 4.42. The normalized spacial score (nSPS) is 9.80. The zero-order valence-electron chi connectivity index (χ0n) is 11.0. The van der Waals surface area contributed by atoms with E-state index in [-0.39, 0.29) is 10.6 Å². The minimum atomic E-state index is -0.380. The van der Waals surface area contributed by atoms with E-state index in [0.29, 0.717) is 17.7 Å². The summed E-state index contributed by atoms with van der Waals surface area (Å²) in [6, 6.07) is 14.3. The number of nitriles is 1. The summed E-state index contributed by atoms with van der Waals surface area (Å²) in [5.74, 6) is 0. The molecule has 0 aliphatic carbocycles. The molecule has 5 heteroatoms. The predicted octanol–water partition coefficient (Wildman–Crippen LogP) is 3.39. The molecule has 20 heavy (non-hydrogen) atoms. The van der Waals surface area contributed by atoms with E-state index in [1.807, 2.05) is 12.1 Å². The summed E-state index contributed by atoms with van der Waals surface area (Å²) in [5.41, 5.74) is 2.97. The standard InChI is InChI=1S/C15H13N3O2/c1-11-5-6-13(8-15(11)18(19)20)10-17-14-4-2-3-12(7-14)9-16/h2-8,17H,10H2,1H3. The van der Waals surface area contributed by atoms with Crippen molar-refractivity contribution in [3.8, 4) is 6.07 Å². The van der Waals surface area contributed by atoms with Crippen molar-refractivity contribution in [2.45, 2.75) is 13.5 Å². The van der Waals surface area contributed by atoms with E-state index in [4.69, 9.17) is 5.26 Å². The van der Waals surface area contributed by atoms with Crippen molar-refractivity contribution in [3.05, 3.63) is 69.3 Å². The largest absolute Gasteiger partial charge is 0.381 e. The van der Waals surface area contributed by atoms with Gasteiger partial charge in [0.1, 0.15) is 0 Å². The molecule has 2 rings (SSSR count). The molecular formula is C15H13N3O2. The van der Waals surface area contributed by atoms with Crippen molar-refractivity contribution in [1.29, 1.82) is 5.26 Å². The number of nitrogens with zero attached hydrogens (tertiary/aromatic N) is 2. The minimum Gasteiger partial charge on any atom is -0.381 e. The Labute approximate surface area is 116 Å². The Hall–Kier alpha value is -2.87. The van der Waals surface area contributed by atoms with E-state index in [9.17, 15) is 10.1 Å². The Balaban J connectivity index is 2.13. The van der Waals surface area contributed by atoms with Crippen LogP contribution in [0.25, 0.3) is 0 Å². The molecule has 1 N–H and O–H groups in total. The Kier molecular flexibility index (Phi) is 3.96. The van der Waals surface area contributed by atoms with Crippen molar-refractivity contribution in [1.82, 2.24) is 0 Å². The fourth-order valence-corrected chi connectivity index (χ4v) is 1.86. The Bertz CT molecular complexity index is 690. The van der Waals surface area contributed by atoms with Crippen molar-refractivity contribution >= 4 is 11.4 Å². The third-order valence-electron chi connectivity index (χ3n) is 2.96. The smallest absolute Gasteiger partial charge is 0.272 e. The number of hydrogen-bond acceptors (Lipinski definition) is 4. The highest BCUT2D eigenvalue weighted by Gasteiger charge is 2.10. The number of nitro groups is 1. The lowest BCUT2D eigenvalue weighted by atomic mass is 10.1. The molecule has 100 valence electrons. The van der Waals surface area contributed by atoms with Crippen LogP contribution >= 0.6 is 0 Å². The molecule has 2 aromatic carbocycles. The van der Waals surface area contributed by atoms with Crippen LogP contribution in [-0.2, 0) is 6.54 Å². The molecule has 0 spiro atoms. The van der Waals surface area contributed by atoms with Gasteiger partial charge >= 0.3 is 0 Å². The average Bonchev–Trinajstić information content (AvgIpc) is 2.46. The van der Waals surface area contributed by atoms with Crippen molar-refractivity contribution in [2.75, 3.05) is 5.32 Å². The van der Waals surface area contributed by atoms with Gasteiger partial charge in [0.15, 0.2) is 0 Å². The maximum absolute atomic E-state index is 10.9. The van der Waals surface area contributed by atoms with Crippen molar-refractivity contribution in [3.63, 3.8) is 0 Å². The van der Waals surface area contributed by atoms with Gasteiger partial charge in [-0.3, -0.25) is 10.1 Å². The molecule has 0 aromatic heterocycles. The maximum Gasteiger partial charge on any atom is 0.272 e. The van der Waals surface area contributed by atoms with Crippen LogP contribution in [0.5, 0.6) is 0 Å². The van der Waals surface area contributed by atoms with Crippen LogP contribution in [0.3, 0.4) is 0 Å². The zero-order valence-corrected chi connectivity index (χ0v) is 11.0. The number of hydrogen-bond donors (Lipinski definition) is 1. The number of benzene rings is 2. The van der Waals surface area contributed by atoms with Gasteiger partial charge in [0.25, 0.3) is 5.69 Å². The fraction of sp³-hybridized carbons (Fsp3) is 0.133. The van der Waals surface area contributed by atoms with Crippen LogP contribution in [0.1, 0.15) is 16.7 Å². The lowest BCUT2D eigenvalue weighted by Crippen LogP contribution is -2.01. The quantitative estimate of drug-likeness (QED) is 0.680. The summed E-state index contributed by atoms with van der Waals surface area (Å²) in [6.07, 6.45) is 0. The average molecular weight is 267 g/mol. The summed E-state index contributed by atoms with van der Waals surface area (Å²) in [4.78, 5) is 10.5. The van der Waals surface area contributed by atoms with Crippen molar-refractivity contribution in [2.24, 2.45) is 0 Å². The van der Waals surface area contributed by atoms with E-state index in [2.05, 4.69) is 11.4 Å². The highest BCUT2D eigenvalue weighted by atomic mass is 16.6. The summed E-state index contributed by atoms with van der Waals surface area (Å²) in [7, 11) is 0. The lowest BCUT2D eigenvalue weighted by molar-refractivity contribution is -0.385. The van der Waals surface area contributed by atoms with E-state index < -0.39 is 0 Å². The summed E-state index contributed by atoms with van der Waals surface area (Å²) < 4.78 is 0. The first-order valence-electron chi connectivity index (χ1n) is 6.08. The molecule has 5 nitrogen and oxygen atoms in total. The molecular weight excluding hydrogens is 254 g/mol. The van der Waals surface area contributed by atoms with Gasteiger partial charge in [-0.2, -0.15) is 5.26 Å². The number of nitrogens with one attached hydrogen (secondary N) is 1. The van der Waals surface area contributed by atoms with Crippen LogP contribution in [-0.4, -0.2) is 4.92 Å². The monoisotopic (exact) mass is 267 g/mol. The molecule has 0 unspecified atom stereocenters. The highest BCUT2D eigenvalue weighted by molar-refractivity contribution is 5.50. The third kappa shape index (κ3) is 3.12. The second-order valence-electron chi connectivity index (χ2n) is 4.42. The van der Waals surface area contributed by atoms with E-state index in [1.54, 1.807) is 37.3 Å². The molecule has 0 saturated heterocycles. The van der Waals surface area contributed by atoms with Gasteiger partial charge in [-0.25, -0.2) is 0 Å². The first-order valence-corrected chi connectivity index (χ1v) is 6.08. The lowest BCUT2D eigenvalue weighted by Gasteiger charge is -2.07. The number of rotatable bonds is 4. The Morgan fingerprint density at radius 1 is 1.30 bits per heavy atom. The maximum atomic E-state index is 10.9. The SMILES string of the molecule is Cc1ccc(CNc2cccc(C#N)c2)cc1[N+](=O)[O-]. The molecule has 2 aromatic rings. The number of anilines is 1. The predicted molar refractivity (Wildman–Crippen MR) is 76.3 cm³/mol. The summed E-state index contributed by atoms with van der Waals surface area (Å²) >= 11 is 0. The van der Waals surface area contributed by atoms with Crippen LogP contribution in [0.2, 0.25) is 0 Å². The van der Waals surface area contributed by atoms with E-state index in [1.165, 1.54) is 0 Å². The fourth-order valence-electron chi connectivity index (χ4n) is 1.86. The van der Waals surface area contributed by atoms with Gasteiger partial charge < -0.3 is 5.32 Å². The molecule has 0 amide bonds. The Morgan fingerprint density at radius 3 is 2.80 bits per heavy atom. The molecule has 0 radical (unpaired) electrons. The van der Waals surface area contributed by atoms with E-state index in [0.717, 1.165) is 11.3 Å². The third-order valence-corrected chi connectivity index (χ3v) is 2.96. The molecule has 0 aliphatic rings. The van der Waals surface area contributed by atoms with Crippen LogP contribution in [0.15, 0.2) is 42.5 Å². The van der Waals surface area contributed by atoms with Gasteiger partial charge in [-0.05, 0) is 30.7 Å². The van der Waals surface area contributed by atoms with Crippen LogP contribution in [0.4, 0.5) is 11.4 Å². The topological polar surface area (TPSA) is 79.0 Å². The summed E-state index contributed by atoms with van der Waals surface area (Å²) in [5, 5.41) is 22.9. The van der Waals surface area contributed by atoms with Gasteiger partial charge in [-0.1, -0.05) is 18.2 Å². The van der Waals surface area contributed by atoms with E-state index >= 15 is 0 Å². The van der Waals surface area contributed by atoms with Crippen molar-refractivity contribution < 1.29 is 4.92 Å². The molecule has 0 fully saturated rings.